The molecule has 0 saturated carbocycles. The maximum Gasteiger partial charge on any atom is 0.251 e. The van der Waals surface area contributed by atoms with Crippen LogP contribution in [-0.4, -0.2) is 32.5 Å². The average molecular weight is 249 g/mol. The van der Waals surface area contributed by atoms with Crippen LogP contribution in [0.4, 0.5) is 0 Å². The van der Waals surface area contributed by atoms with Crippen LogP contribution in [0.1, 0.15) is 22.3 Å². The van der Waals surface area contributed by atoms with Gasteiger partial charge in [-0.3, -0.25) is 9.59 Å². The molecule has 18 heavy (non-hydrogen) atoms. The lowest BCUT2D eigenvalue weighted by Crippen LogP contribution is -2.24. The van der Waals surface area contributed by atoms with Gasteiger partial charge >= 0.3 is 0 Å². The van der Waals surface area contributed by atoms with Crippen LogP contribution in [0.25, 0.3) is 0 Å². The summed E-state index contributed by atoms with van der Waals surface area (Å²) < 4.78 is 0. The topological polar surface area (TPSA) is 70.2 Å². The van der Waals surface area contributed by atoms with Crippen LogP contribution in [0.2, 0.25) is 0 Å². The molecule has 1 aromatic carbocycles. The highest BCUT2D eigenvalue weighted by Crippen LogP contribution is 2.04. The zero-order chi connectivity index (χ0) is 13.4. The standard InChI is InChI=1S/C13H19N3O2/c1-14-12(17)7-8-16-9-10-3-5-11(6-4-10)13(18)15-2/h3-6,16H,7-9H2,1-2H3,(H,14,17)(H,15,18). The van der Waals surface area contributed by atoms with Gasteiger partial charge in [0.2, 0.25) is 5.91 Å². The van der Waals surface area contributed by atoms with Gasteiger partial charge in [0.15, 0.2) is 0 Å². The van der Waals surface area contributed by atoms with Gasteiger partial charge < -0.3 is 16.0 Å². The van der Waals surface area contributed by atoms with E-state index in [0.717, 1.165) is 5.56 Å². The van der Waals surface area contributed by atoms with Gasteiger partial charge in [-0.15, -0.1) is 0 Å². The molecular formula is C13H19N3O2. The fourth-order valence-electron chi connectivity index (χ4n) is 1.48. The SMILES string of the molecule is CNC(=O)CCNCc1ccc(C(=O)NC)cc1. The summed E-state index contributed by atoms with van der Waals surface area (Å²) in [5, 5.41) is 8.31. The van der Waals surface area contributed by atoms with E-state index in [9.17, 15) is 9.59 Å². The highest BCUT2D eigenvalue weighted by molar-refractivity contribution is 5.93. The summed E-state index contributed by atoms with van der Waals surface area (Å²) in [5.74, 6) is -0.0633. The van der Waals surface area contributed by atoms with Gasteiger partial charge in [-0.2, -0.15) is 0 Å². The molecule has 2 amide bonds. The number of carbonyl (C=O) groups excluding carboxylic acids is 2. The van der Waals surface area contributed by atoms with Crippen molar-refractivity contribution < 1.29 is 9.59 Å². The Balaban J connectivity index is 2.35. The molecule has 1 rings (SSSR count). The van der Waals surface area contributed by atoms with E-state index in [1.807, 2.05) is 12.1 Å². The normalized spacial score (nSPS) is 9.89. The molecule has 5 nitrogen and oxygen atoms in total. The molecule has 0 aliphatic carbocycles. The fraction of sp³-hybridized carbons (Fsp3) is 0.385. The summed E-state index contributed by atoms with van der Waals surface area (Å²) in [7, 11) is 3.23. The fourth-order valence-corrected chi connectivity index (χ4v) is 1.48. The summed E-state index contributed by atoms with van der Waals surface area (Å²) in [4.78, 5) is 22.3. The van der Waals surface area contributed by atoms with Crippen LogP contribution in [0.3, 0.4) is 0 Å². The van der Waals surface area contributed by atoms with Gasteiger partial charge in [-0.05, 0) is 17.7 Å². The third-order valence-corrected chi connectivity index (χ3v) is 2.58. The molecule has 0 aromatic heterocycles. The first-order valence-electron chi connectivity index (χ1n) is 5.89. The molecule has 0 aliphatic rings. The predicted molar refractivity (Wildman–Crippen MR) is 70.2 cm³/mol. The minimum atomic E-state index is -0.0888. The molecule has 98 valence electrons. The lowest BCUT2D eigenvalue weighted by atomic mass is 10.1. The minimum absolute atomic E-state index is 0.0254. The summed E-state index contributed by atoms with van der Waals surface area (Å²) in [6.45, 7) is 1.32. The van der Waals surface area contributed by atoms with Crippen LogP contribution < -0.4 is 16.0 Å². The van der Waals surface area contributed by atoms with Gasteiger partial charge in [-0.25, -0.2) is 0 Å². The molecule has 0 atom stereocenters. The first kappa shape index (κ1) is 14.2. The Hall–Kier alpha value is -1.88. The van der Waals surface area contributed by atoms with Crippen molar-refractivity contribution in [2.24, 2.45) is 0 Å². The number of hydrogen-bond acceptors (Lipinski definition) is 3. The molecule has 0 heterocycles. The van der Waals surface area contributed by atoms with E-state index in [0.29, 0.717) is 25.1 Å². The van der Waals surface area contributed by atoms with E-state index in [2.05, 4.69) is 16.0 Å². The number of benzene rings is 1. The number of rotatable bonds is 6. The van der Waals surface area contributed by atoms with E-state index in [-0.39, 0.29) is 11.8 Å². The molecule has 0 aliphatic heterocycles. The second kappa shape index (κ2) is 7.45. The molecule has 0 unspecified atom stereocenters. The van der Waals surface area contributed by atoms with Crippen molar-refractivity contribution in [2.45, 2.75) is 13.0 Å². The van der Waals surface area contributed by atoms with Crippen molar-refractivity contribution in [3.8, 4) is 0 Å². The van der Waals surface area contributed by atoms with E-state index in [1.54, 1.807) is 26.2 Å². The second-order valence-electron chi connectivity index (χ2n) is 3.88. The summed E-state index contributed by atoms with van der Waals surface area (Å²) in [6, 6.07) is 7.37. The Morgan fingerprint density at radius 2 is 1.72 bits per heavy atom. The van der Waals surface area contributed by atoms with Gasteiger partial charge in [0.25, 0.3) is 5.91 Å². The van der Waals surface area contributed by atoms with Crippen molar-refractivity contribution in [3.63, 3.8) is 0 Å². The monoisotopic (exact) mass is 249 g/mol. The largest absolute Gasteiger partial charge is 0.359 e. The molecule has 0 fully saturated rings. The van der Waals surface area contributed by atoms with E-state index < -0.39 is 0 Å². The third kappa shape index (κ3) is 4.55. The lowest BCUT2D eigenvalue weighted by molar-refractivity contribution is -0.120. The second-order valence-corrected chi connectivity index (χ2v) is 3.88. The molecule has 0 spiro atoms. The Morgan fingerprint density at radius 1 is 1.06 bits per heavy atom. The van der Waals surface area contributed by atoms with Crippen LogP contribution in [-0.2, 0) is 11.3 Å². The van der Waals surface area contributed by atoms with Crippen molar-refractivity contribution in [3.05, 3.63) is 35.4 Å². The Kier molecular flexibility index (Phi) is 5.87. The van der Waals surface area contributed by atoms with Crippen LogP contribution in [0.15, 0.2) is 24.3 Å². The third-order valence-electron chi connectivity index (χ3n) is 2.58. The summed E-state index contributed by atoms with van der Waals surface area (Å²) in [5.41, 5.74) is 1.73. The molecular weight excluding hydrogens is 230 g/mol. The van der Waals surface area contributed by atoms with E-state index >= 15 is 0 Å². The van der Waals surface area contributed by atoms with Gasteiger partial charge in [-0.1, -0.05) is 12.1 Å². The number of amides is 2. The maximum absolute atomic E-state index is 11.3. The first-order valence-corrected chi connectivity index (χ1v) is 5.89. The first-order chi connectivity index (χ1) is 8.67. The summed E-state index contributed by atoms with van der Waals surface area (Å²) in [6.07, 6.45) is 0.465. The van der Waals surface area contributed by atoms with Crippen molar-refractivity contribution >= 4 is 11.8 Å². The Bertz CT molecular complexity index is 401. The molecule has 1 aromatic rings. The predicted octanol–water partition coefficient (Wildman–Crippen LogP) is 0.272. The van der Waals surface area contributed by atoms with Gasteiger partial charge in [0.05, 0.1) is 0 Å². The molecule has 0 radical (unpaired) electrons. The Labute approximate surface area is 107 Å². The summed E-state index contributed by atoms with van der Waals surface area (Å²) >= 11 is 0. The zero-order valence-electron chi connectivity index (χ0n) is 10.7. The smallest absolute Gasteiger partial charge is 0.251 e. The average Bonchev–Trinajstić information content (AvgIpc) is 2.43. The molecule has 0 bridgehead atoms. The maximum atomic E-state index is 11.3. The highest BCUT2D eigenvalue weighted by Gasteiger charge is 2.02. The Morgan fingerprint density at radius 3 is 2.28 bits per heavy atom. The molecule has 5 heteroatoms. The lowest BCUT2D eigenvalue weighted by Gasteiger charge is -2.05. The van der Waals surface area contributed by atoms with Gasteiger partial charge in [0.1, 0.15) is 0 Å². The van der Waals surface area contributed by atoms with Gasteiger partial charge in [0, 0.05) is 39.2 Å². The van der Waals surface area contributed by atoms with Crippen LogP contribution in [0.5, 0.6) is 0 Å². The van der Waals surface area contributed by atoms with Crippen molar-refractivity contribution in [2.75, 3.05) is 20.6 Å². The van der Waals surface area contributed by atoms with Crippen LogP contribution in [0, 0.1) is 0 Å². The quantitative estimate of drug-likeness (QED) is 0.634. The van der Waals surface area contributed by atoms with Crippen molar-refractivity contribution in [1.82, 2.24) is 16.0 Å². The minimum Gasteiger partial charge on any atom is -0.359 e. The number of nitrogens with one attached hydrogen (secondary N) is 3. The molecule has 0 saturated heterocycles. The van der Waals surface area contributed by atoms with Crippen molar-refractivity contribution in [1.29, 1.82) is 0 Å². The van der Waals surface area contributed by atoms with E-state index in [1.165, 1.54) is 0 Å². The highest BCUT2D eigenvalue weighted by atomic mass is 16.2. The van der Waals surface area contributed by atoms with Crippen LogP contribution >= 0.6 is 0 Å². The molecule has 3 N–H and O–H groups in total. The van der Waals surface area contributed by atoms with E-state index in [4.69, 9.17) is 0 Å². The number of hydrogen-bond donors (Lipinski definition) is 3. The zero-order valence-corrected chi connectivity index (χ0v) is 10.7. The number of carbonyl (C=O) groups is 2.